The third-order valence-electron chi connectivity index (χ3n) is 3.73. The van der Waals surface area contributed by atoms with Gasteiger partial charge in [0, 0.05) is 29.8 Å². The number of thiophene rings is 1. The van der Waals surface area contributed by atoms with Crippen LogP contribution in [0.25, 0.3) is 0 Å². The minimum absolute atomic E-state index is 0.906. The predicted octanol–water partition coefficient (Wildman–Crippen LogP) is 2.97. The van der Waals surface area contributed by atoms with E-state index < -0.39 is 0 Å². The molecule has 2 rings (SSSR count). The van der Waals surface area contributed by atoms with Gasteiger partial charge in [0.1, 0.15) is 0 Å². The molecule has 0 saturated carbocycles. The number of likely N-dealkylation sites (tertiary alicyclic amines) is 1. The Kier molecular flexibility index (Phi) is 6.02. The molecule has 0 atom stereocenters. The Morgan fingerprint density at radius 3 is 2.83 bits per heavy atom. The van der Waals surface area contributed by atoms with Crippen LogP contribution in [-0.2, 0) is 6.54 Å². The third-order valence-corrected chi connectivity index (χ3v) is 5.89. The number of aryl methyl sites for hydroxylation is 1. The molecular formula is C14H24N2S2. The molecule has 1 saturated heterocycles. The van der Waals surface area contributed by atoms with E-state index in [9.17, 15) is 0 Å². The van der Waals surface area contributed by atoms with Crippen LogP contribution in [0.15, 0.2) is 11.4 Å². The maximum absolute atomic E-state index is 3.56. The molecule has 0 aliphatic carbocycles. The molecule has 0 bridgehead atoms. The minimum Gasteiger partial charge on any atom is -0.311 e. The lowest BCUT2D eigenvalue weighted by Crippen LogP contribution is -2.38. The lowest BCUT2D eigenvalue weighted by molar-refractivity contribution is 0.233. The summed E-state index contributed by atoms with van der Waals surface area (Å²) in [6.07, 6.45) is 4.97. The first-order chi connectivity index (χ1) is 8.79. The maximum atomic E-state index is 3.56. The summed E-state index contributed by atoms with van der Waals surface area (Å²) in [6, 6.07) is 2.20. The van der Waals surface area contributed by atoms with Crippen molar-refractivity contribution in [3.63, 3.8) is 0 Å². The Hall–Kier alpha value is -0.0300. The highest BCUT2D eigenvalue weighted by molar-refractivity contribution is 7.99. The molecule has 102 valence electrons. The van der Waals surface area contributed by atoms with Gasteiger partial charge in [-0.2, -0.15) is 11.8 Å². The molecule has 0 unspecified atom stereocenters. The molecule has 0 spiro atoms. The molecule has 18 heavy (non-hydrogen) atoms. The van der Waals surface area contributed by atoms with Crippen molar-refractivity contribution in [3.8, 4) is 0 Å². The van der Waals surface area contributed by atoms with Crippen LogP contribution in [0.5, 0.6) is 0 Å². The summed E-state index contributed by atoms with van der Waals surface area (Å²) in [4.78, 5) is 4.08. The highest BCUT2D eigenvalue weighted by atomic mass is 32.2. The summed E-state index contributed by atoms with van der Waals surface area (Å²) >= 11 is 3.90. The fourth-order valence-corrected chi connectivity index (χ4v) is 3.95. The monoisotopic (exact) mass is 284 g/mol. The summed E-state index contributed by atoms with van der Waals surface area (Å²) < 4.78 is 0. The van der Waals surface area contributed by atoms with Crippen molar-refractivity contribution in [2.75, 3.05) is 32.4 Å². The van der Waals surface area contributed by atoms with Crippen molar-refractivity contribution in [3.05, 3.63) is 21.9 Å². The number of nitrogens with one attached hydrogen (secondary N) is 1. The normalized spacial score (nSPS) is 18.3. The van der Waals surface area contributed by atoms with Crippen molar-refractivity contribution >= 4 is 23.1 Å². The molecule has 0 amide bonds. The Bertz CT molecular complexity index is 343. The predicted molar refractivity (Wildman–Crippen MR) is 83.7 cm³/mol. The largest absolute Gasteiger partial charge is 0.311 e. The molecule has 2 nitrogen and oxygen atoms in total. The van der Waals surface area contributed by atoms with E-state index in [1.54, 1.807) is 0 Å². The van der Waals surface area contributed by atoms with Gasteiger partial charge in [0.15, 0.2) is 0 Å². The Morgan fingerprint density at radius 1 is 1.44 bits per heavy atom. The summed E-state index contributed by atoms with van der Waals surface area (Å²) in [5.41, 5.74) is 1.42. The summed E-state index contributed by atoms with van der Waals surface area (Å²) in [5, 5.41) is 6.65. The standard InChI is InChI=1S/C14H24N2S2/c1-12-5-10-18-14(12)11-15-6-9-16-7-3-13(17-2)4-8-16/h5,10,13,15H,3-4,6-9,11H2,1-2H3. The molecule has 1 N–H and O–H groups in total. The van der Waals surface area contributed by atoms with Crippen molar-refractivity contribution in [1.29, 1.82) is 0 Å². The molecule has 1 aromatic rings. The summed E-state index contributed by atoms with van der Waals surface area (Å²) in [5.74, 6) is 0. The van der Waals surface area contributed by atoms with Crippen molar-refractivity contribution in [1.82, 2.24) is 10.2 Å². The molecule has 1 aliphatic rings. The molecule has 1 aliphatic heterocycles. The highest BCUT2D eigenvalue weighted by Gasteiger charge is 2.17. The fourth-order valence-electron chi connectivity index (χ4n) is 2.39. The van der Waals surface area contributed by atoms with E-state index in [0.717, 1.165) is 18.3 Å². The minimum atomic E-state index is 0.906. The number of hydrogen-bond donors (Lipinski definition) is 1. The van der Waals surface area contributed by atoms with Gasteiger partial charge in [-0.1, -0.05) is 0 Å². The topological polar surface area (TPSA) is 15.3 Å². The van der Waals surface area contributed by atoms with E-state index in [4.69, 9.17) is 0 Å². The van der Waals surface area contributed by atoms with Gasteiger partial charge in [0.2, 0.25) is 0 Å². The van der Waals surface area contributed by atoms with E-state index >= 15 is 0 Å². The van der Waals surface area contributed by atoms with Crippen LogP contribution in [0, 0.1) is 6.92 Å². The van der Waals surface area contributed by atoms with Gasteiger partial charge in [0.05, 0.1) is 0 Å². The molecule has 1 aromatic heterocycles. The zero-order chi connectivity index (χ0) is 12.8. The van der Waals surface area contributed by atoms with Gasteiger partial charge in [0.25, 0.3) is 0 Å². The van der Waals surface area contributed by atoms with Gasteiger partial charge in [-0.15, -0.1) is 11.3 Å². The SMILES string of the molecule is CSC1CCN(CCNCc2sccc2C)CC1. The van der Waals surface area contributed by atoms with E-state index in [-0.39, 0.29) is 0 Å². The second kappa shape index (κ2) is 7.53. The van der Waals surface area contributed by atoms with Gasteiger partial charge in [-0.05, 0) is 56.1 Å². The molecule has 0 aromatic carbocycles. The van der Waals surface area contributed by atoms with Gasteiger partial charge >= 0.3 is 0 Å². The number of rotatable bonds is 6. The second-order valence-electron chi connectivity index (χ2n) is 4.98. The molecular weight excluding hydrogens is 260 g/mol. The lowest BCUT2D eigenvalue weighted by Gasteiger charge is -2.31. The zero-order valence-corrected chi connectivity index (χ0v) is 13.1. The molecule has 1 fully saturated rings. The molecule has 0 radical (unpaired) electrons. The average molecular weight is 284 g/mol. The van der Waals surface area contributed by atoms with E-state index in [1.165, 1.54) is 42.9 Å². The van der Waals surface area contributed by atoms with Gasteiger partial charge in [-0.3, -0.25) is 0 Å². The number of piperidine rings is 1. The van der Waals surface area contributed by atoms with Crippen LogP contribution in [0.4, 0.5) is 0 Å². The van der Waals surface area contributed by atoms with Crippen LogP contribution in [0.3, 0.4) is 0 Å². The smallest absolute Gasteiger partial charge is 0.0302 e. The van der Waals surface area contributed by atoms with Crippen molar-refractivity contribution in [2.45, 2.75) is 31.6 Å². The lowest BCUT2D eigenvalue weighted by atomic mass is 10.1. The Balaban J connectivity index is 1.58. The van der Waals surface area contributed by atoms with Crippen molar-refractivity contribution in [2.24, 2.45) is 0 Å². The van der Waals surface area contributed by atoms with Crippen LogP contribution in [0.2, 0.25) is 0 Å². The summed E-state index contributed by atoms with van der Waals surface area (Å²) in [6.45, 7) is 8.11. The Morgan fingerprint density at radius 2 is 2.22 bits per heavy atom. The number of nitrogens with zero attached hydrogens (tertiary/aromatic N) is 1. The highest BCUT2D eigenvalue weighted by Crippen LogP contribution is 2.20. The van der Waals surface area contributed by atoms with Crippen LogP contribution in [-0.4, -0.2) is 42.6 Å². The van der Waals surface area contributed by atoms with E-state index in [2.05, 4.69) is 34.8 Å². The fraction of sp³-hybridized carbons (Fsp3) is 0.714. The zero-order valence-electron chi connectivity index (χ0n) is 11.4. The molecule has 4 heteroatoms. The van der Waals surface area contributed by atoms with Gasteiger partial charge in [-0.25, -0.2) is 0 Å². The maximum Gasteiger partial charge on any atom is 0.0302 e. The molecule has 2 heterocycles. The van der Waals surface area contributed by atoms with Gasteiger partial charge < -0.3 is 10.2 Å². The van der Waals surface area contributed by atoms with Crippen LogP contribution >= 0.6 is 23.1 Å². The third kappa shape index (κ3) is 4.26. The average Bonchev–Trinajstić information content (AvgIpc) is 2.81. The second-order valence-corrected chi connectivity index (χ2v) is 7.12. The first-order valence-electron chi connectivity index (χ1n) is 6.78. The Labute approximate surface area is 119 Å². The summed E-state index contributed by atoms with van der Waals surface area (Å²) in [7, 11) is 0. The van der Waals surface area contributed by atoms with Crippen molar-refractivity contribution < 1.29 is 0 Å². The quantitative estimate of drug-likeness (QED) is 0.809. The van der Waals surface area contributed by atoms with E-state index in [0.29, 0.717) is 0 Å². The van der Waals surface area contributed by atoms with Crippen LogP contribution in [0.1, 0.15) is 23.3 Å². The first kappa shape index (κ1) is 14.4. The van der Waals surface area contributed by atoms with Crippen LogP contribution < -0.4 is 5.32 Å². The number of thioether (sulfide) groups is 1. The number of hydrogen-bond acceptors (Lipinski definition) is 4. The van der Waals surface area contributed by atoms with E-state index in [1.807, 2.05) is 23.1 Å². The first-order valence-corrected chi connectivity index (χ1v) is 8.95.